The third kappa shape index (κ3) is 3.68. The third-order valence-corrected chi connectivity index (χ3v) is 7.13. The maximum Gasteiger partial charge on any atom is 0.243 e. The van der Waals surface area contributed by atoms with Gasteiger partial charge >= 0.3 is 0 Å². The summed E-state index contributed by atoms with van der Waals surface area (Å²) >= 11 is 0. The normalized spacial score (nSPS) is 16.5. The number of aromatic amines is 1. The lowest BCUT2D eigenvalue weighted by Gasteiger charge is -2.30. The smallest absolute Gasteiger partial charge is 0.243 e. The van der Waals surface area contributed by atoms with E-state index in [0.29, 0.717) is 23.9 Å². The number of aryl methyl sites for hydroxylation is 1. The Morgan fingerprint density at radius 2 is 1.67 bits per heavy atom. The molecule has 0 unspecified atom stereocenters. The third-order valence-electron chi connectivity index (χ3n) is 5.22. The summed E-state index contributed by atoms with van der Waals surface area (Å²) in [6.07, 6.45) is 1.59. The van der Waals surface area contributed by atoms with Gasteiger partial charge in [0, 0.05) is 30.3 Å². The van der Waals surface area contributed by atoms with Crippen LogP contribution in [-0.2, 0) is 10.0 Å². The number of sulfonamides is 1. The highest BCUT2D eigenvalue weighted by Crippen LogP contribution is 2.31. The fraction of sp³-hybridized carbons (Fsp3) is 0.286. The molecule has 3 aromatic rings. The Morgan fingerprint density at radius 3 is 2.33 bits per heavy atom. The number of H-pyrrole nitrogens is 1. The first-order chi connectivity index (χ1) is 13.0. The minimum Gasteiger partial charge on any atom is -0.282 e. The summed E-state index contributed by atoms with van der Waals surface area (Å²) in [5, 5.41) is 7.58. The highest BCUT2D eigenvalue weighted by atomic mass is 32.2. The summed E-state index contributed by atoms with van der Waals surface area (Å²) in [4.78, 5) is 0.374. The predicted molar refractivity (Wildman–Crippen MR) is 106 cm³/mol. The summed E-state index contributed by atoms with van der Waals surface area (Å²) in [5.74, 6) is 0.305. The number of benzene rings is 2. The second-order valence-corrected chi connectivity index (χ2v) is 9.00. The van der Waals surface area contributed by atoms with Crippen LogP contribution in [-0.4, -0.2) is 36.0 Å². The van der Waals surface area contributed by atoms with Crippen molar-refractivity contribution in [2.24, 2.45) is 0 Å². The predicted octanol–water partition coefficient (Wildman–Crippen LogP) is 3.95. The number of rotatable bonds is 4. The molecule has 0 radical (unpaired) electrons. The lowest BCUT2D eigenvalue weighted by atomic mass is 9.94. The van der Waals surface area contributed by atoms with Crippen LogP contribution in [0.2, 0.25) is 0 Å². The molecule has 2 heterocycles. The monoisotopic (exact) mass is 381 g/mol. The molecule has 2 aromatic carbocycles. The van der Waals surface area contributed by atoms with Gasteiger partial charge in [0.2, 0.25) is 10.0 Å². The molecule has 1 aromatic heterocycles. The lowest BCUT2D eigenvalue weighted by molar-refractivity contribution is 0.316. The van der Waals surface area contributed by atoms with E-state index in [9.17, 15) is 8.42 Å². The van der Waals surface area contributed by atoms with E-state index in [4.69, 9.17) is 0 Å². The van der Waals surface area contributed by atoms with Gasteiger partial charge in [0.1, 0.15) is 0 Å². The molecule has 5 nitrogen and oxygen atoms in total. The average molecular weight is 382 g/mol. The van der Waals surface area contributed by atoms with Crippen LogP contribution in [0.1, 0.15) is 30.0 Å². The van der Waals surface area contributed by atoms with Crippen molar-refractivity contribution in [1.82, 2.24) is 14.5 Å². The molecule has 0 amide bonds. The number of aromatic nitrogens is 2. The molecule has 1 aliphatic heterocycles. The average Bonchev–Trinajstić information content (AvgIpc) is 3.19. The summed E-state index contributed by atoms with van der Waals surface area (Å²) in [5.41, 5.74) is 4.15. The first-order valence-corrected chi connectivity index (χ1v) is 10.7. The van der Waals surface area contributed by atoms with Gasteiger partial charge in [0.15, 0.2) is 0 Å². The van der Waals surface area contributed by atoms with Crippen molar-refractivity contribution < 1.29 is 8.42 Å². The maximum atomic E-state index is 12.8. The van der Waals surface area contributed by atoms with Crippen molar-refractivity contribution in [2.45, 2.75) is 30.6 Å². The SMILES string of the molecule is Cc1ccc(S(=O)(=O)N2CCC(c3cc(-c4ccccc4)n[nH]3)CC2)cc1. The van der Waals surface area contributed by atoms with E-state index >= 15 is 0 Å². The van der Waals surface area contributed by atoms with Crippen LogP contribution >= 0.6 is 0 Å². The molecule has 1 fully saturated rings. The molecule has 1 aliphatic rings. The zero-order valence-electron chi connectivity index (χ0n) is 15.3. The van der Waals surface area contributed by atoms with Crippen molar-refractivity contribution >= 4 is 10.0 Å². The lowest BCUT2D eigenvalue weighted by Crippen LogP contribution is -2.37. The molecular formula is C21H23N3O2S. The van der Waals surface area contributed by atoms with Gasteiger partial charge in [-0.2, -0.15) is 9.40 Å². The van der Waals surface area contributed by atoms with Crippen LogP contribution < -0.4 is 0 Å². The zero-order chi connectivity index (χ0) is 18.9. The van der Waals surface area contributed by atoms with Gasteiger partial charge in [-0.15, -0.1) is 0 Å². The quantitative estimate of drug-likeness (QED) is 0.744. The summed E-state index contributed by atoms with van der Waals surface area (Å²) < 4.78 is 27.3. The van der Waals surface area contributed by atoms with Crippen LogP contribution in [0.15, 0.2) is 65.6 Å². The van der Waals surface area contributed by atoms with Crippen LogP contribution in [0, 0.1) is 6.92 Å². The second-order valence-electron chi connectivity index (χ2n) is 7.07. The first kappa shape index (κ1) is 17.9. The molecule has 1 saturated heterocycles. The minimum absolute atomic E-state index is 0.305. The van der Waals surface area contributed by atoms with E-state index in [2.05, 4.69) is 16.3 Å². The topological polar surface area (TPSA) is 66.1 Å². The van der Waals surface area contributed by atoms with E-state index in [1.54, 1.807) is 16.4 Å². The number of nitrogens with one attached hydrogen (secondary N) is 1. The number of piperidine rings is 1. The van der Waals surface area contributed by atoms with Crippen LogP contribution in [0.25, 0.3) is 11.3 Å². The molecule has 4 rings (SSSR count). The highest BCUT2D eigenvalue weighted by Gasteiger charge is 2.30. The van der Waals surface area contributed by atoms with Crippen LogP contribution in [0.3, 0.4) is 0 Å². The van der Waals surface area contributed by atoms with E-state index in [-0.39, 0.29) is 0 Å². The Hall–Kier alpha value is -2.44. The molecule has 0 aliphatic carbocycles. The van der Waals surface area contributed by atoms with E-state index < -0.39 is 10.0 Å². The highest BCUT2D eigenvalue weighted by molar-refractivity contribution is 7.89. The maximum absolute atomic E-state index is 12.8. The largest absolute Gasteiger partial charge is 0.282 e. The number of hydrogen-bond donors (Lipinski definition) is 1. The fourth-order valence-electron chi connectivity index (χ4n) is 3.57. The van der Waals surface area contributed by atoms with Crippen molar-refractivity contribution in [3.8, 4) is 11.3 Å². The molecule has 0 bridgehead atoms. The molecule has 0 saturated carbocycles. The Kier molecular flexibility index (Phi) is 4.85. The molecule has 0 atom stereocenters. The summed E-state index contributed by atoms with van der Waals surface area (Å²) in [6, 6.07) is 19.2. The van der Waals surface area contributed by atoms with Gasteiger partial charge in [-0.25, -0.2) is 8.42 Å². The molecular weight excluding hydrogens is 358 g/mol. The molecule has 0 spiro atoms. The van der Waals surface area contributed by atoms with E-state index in [1.165, 1.54) is 0 Å². The Morgan fingerprint density at radius 1 is 1.00 bits per heavy atom. The van der Waals surface area contributed by atoms with Crippen molar-refractivity contribution in [3.63, 3.8) is 0 Å². The van der Waals surface area contributed by atoms with Gasteiger partial charge in [-0.05, 0) is 38.0 Å². The van der Waals surface area contributed by atoms with Gasteiger partial charge in [-0.1, -0.05) is 48.0 Å². The van der Waals surface area contributed by atoms with E-state index in [1.807, 2.05) is 49.4 Å². The minimum atomic E-state index is -3.41. The standard InChI is InChI=1S/C21H23N3O2S/c1-16-7-9-19(10-8-16)27(25,26)24-13-11-18(12-14-24)21-15-20(22-23-21)17-5-3-2-4-6-17/h2-10,15,18H,11-14H2,1H3,(H,22,23). The first-order valence-electron chi connectivity index (χ1n) is 9.21. The van der Waals surface area contributed by atoms with Gasteiger partial charge in [-0.3, -0.25) is 5.10 Å². The summed E-state index contributed by atoms with van der Waals surface area (Å²) in [7, 11) is -3.41. The Labute approximate surface area is 160 Å². The fourth-order valence-corrected chi connectivity index (χ4v) is 5.04. The molecule has 6 heteroatoms. The van der Waals surface area contributed by atoms with Crippen molar-refractivity contribution in [3.05, 3.63) is 71.9 Å². The Balaban J connectivity index is 1.45. The van der Waals surface area contributed by atoms with Crippen molar-refractivity contribution in [1.29, 1.82) is 0 Å². The van der Waals surface area contributed by atoms with Gasteiger partial charge in [0.05, 0.1) is 10.6 Å². The number of nitrogens with zero attached hydrogens (tertiary/aromatic N) is 2. The van der Waals surface area contributed by atoms with E-state index in [0.717, 1.165) is 35.4 Å². The second kappa shape index (κ2) is 7.29. The molecule has 140 valence electrons. The van der Waals surface area contributed by atoms with Crippen LogP contribution in [0.4, 0.5) is 0 Å². The van der Waals surface area contributed by atoms with Gasteiger partial charge < -0.3 is 0 Å². The zero-order valence-corrected chi connectivity index (χ0v) is 16.1. The molecule has 27 heavy (non-hydrogen) atoms. The van der Waals surface area contributed by atoms with Crippen LogP contribution in [0.5, 0.6) is 0 Å². The Bertz CT molecular complexity index is 1000. The molecule has 1 N–H and O–H groups in total. The summed E-state index contributed by atoms with van der Waals surface area (Å²) in [6.45, 7) is 3.01. The van der Waals surface area contributed by atoms with Gasteiger partial charge in [0.25, 0.3) is 0 Å². The van der Waals surface area contributed by atoms with Crippen molar-refractivity contribution in [2.75, 3.05) is 13.1 Å². The number of hydrogen-bond acceptors (Lipinski definition) is 3.